The lowest BCUT2D eigenvalue weighted by Gasteiger charge is -2.12. The maximum Gasteiger partial charge on any atom is 0.130 e. The van der Waals surface area contributed by atoms with Gasteiger partial charge in [-0.2, -0.15) is 0 Å². The highest BCUT2D eigenvalue weighted by molar-refractivity contribution is 5.94. The lowest BCUT2D eigenvalue weighted by molar-refractivity contribution is 0.767. The summed E-state index contributed by atoms with van der Waals surface area (Å²) in [5, 5.41) is 0. The maximum atomic E-state index is 4.03. The molecule has 0 aliphatic carbocycles. The van der Waals surface area contributed by atoms with Crippen molar-refractivity contribution in [1.29, 1.82) is 0 Å². The Balaban J connectivity index is 4.47. The van der Waals surface area contributed by atoms with Crippen LogP contribution in [0, 0.1) is 0 Å². The number of hydrogen-bond acceptors (Lipinski definition) is 1. The fourth-order valence-electron chi connectivity index (χ4n) is 0.687. The number of hydrogen-bond donors (Lipinski definition) is 0. The fraction of sp³-hybridized carbons (Fsp3) is 0.222. The molecule has 0 atom stereocenters. The van der Waals surface area contributed by atoms with Gasteiger partial charge in [0.2, 0.25) is 0 Å². The third kappa shape index (κ3) is 2.85. The molecule has 0 amide bonds. The maximum absolute atomic E-state index is 4.03. The Hall–Kier alpha value is -1.31. The van der Waals surface area contributed by atoms with Gasteiger partial charge in [0.15, 0.2) is 0 Å². The van der Waals surface area contributed by atoms with Crippen LogP contribution >= 0.6 is 0 Å². The lowest BCUT2D eigenvalue weighted by atomic mass is 10.4. The highest BCUT2D eigenvalue weighted by Crippen LogP contribution is 1.94. The van der Waals surface area contributed by atoms with E-state index in [0.717, 1.165) is 5.84 Å². The van der Waals surface area contributed by atoms with Crippen molar-refractivity contribution in [3.05, 3.63) is 37.7 Å². The average Bonchev–Trinajstić information content (AvgIpc) is 2.05. The van der Waals surface area contributed by atoms with Crippen molar-refractivity contribution in [2.75, 3.05) is 7.05 Å². The number of allylic oxidation sites excluding steroid dienone is 1. The minimum Gasteiger partial charge on any atom is -0.310 e. The highest BCUT2D eigenvalue weighted by Gasteiger charge is 1.96. The summed E-state index contributed by atoms with van der Waals surface area (Å²) in [7, 11) is 1.73. The molecule has 0 unspecified atom stereocenters. The van der Waals surface area contributed by atoms with Crippen LogP contribution in [0.25, 0.3) is 0 Å². The predicted octanol–water partition coefficient (Wildman–Crippen LogP) is 2.18. The molecule has 0 bridgehead atoms. The molecule has 0 heterocycles. The molecule has 0 saturated heterocycles. The van der Waals surface area contributed by atoms with E-state index in [0.29, 0.717) is 0 Å². The Kier molecular flexibility index (Phi) is 4.82. The molecule has 0 aromatic heterocycles. The first-order valence-corrected chi connectivity index (χ1v) is 3.43. The summed E-state index contributed by atoms with van der Waals surface area (Å²) in [4.78, 5) is 5.78. The normalized spacial score (nSPS) is 11.6. The van der Waals surface area contributed by atoms with Gasteiger partial charge >= 0.3 is 0 Å². The van der Waals surface area contributed by atoms with E-state index >= 15 is 0 Å². The molecule has 2 nitrogen and oxygen atoms in total. The van der Waals surface area contributed by atoms with Crippen molar-refractivity contribution in [1.82, 2.24) is 4.90 Å². The quantitative estimate of drug-likeness (QED) is 0.444. The summed E-state index contributed by atoms with van der Waals surface area (Å²) < 4.78 is 0. The van der Waals surface area contributed by atoms with Gasteiger partial charge in [0.25, 0.3) is 0 Å². The van der Waals surface area contributed by atoms with E-state index in [1.54, 1.807) is 24.3 Å². The fourth-order valence-corrected chi connectivity index (χ4v) is 0.687. The number of aliphatic imine (C=N–C) groups is 1. The van der Waals surface area contributed by atoms with Gasteiger partial charge in [-0.3, -0.25) is 4.99 Å². The molecule has 0 aliphatic heterocycles. The molecule has 0 saturated carbocycles. The van der Waals surface area contributed by atoms with E-state index in [2.05, 4.69) is 18.2 Å². The van der Waals surface area contributed by atoms with Crippen LogP contribution in [0.2, 0.25) is 0 Å². The van der Waals surface area contributed by atoms with Crippen LogP contribution in [-0.4, -0.2) is 17.8 Å². The van der Waals surface area contributed by atoms with Gasteiger partial charge in [0.1, 0.15) is 5.84 Å². The van der Waals surface area contributed by atoms with Crippen molar-refractivity contribution in [2.24, 2.45) is 4.99 Å². The SMILES string of the molecule is C=CN(C=C)C(/C=C\C)=NC. The van der Waals surface area contributed by atoms with Crippen LogP contribution in [0.15, 0.2) is 42.7 Å². The van der Waals surface area contributed by atoms with Crippen molar-refractivity contribution in [2.45, 2.75) is 6.92 Å². The molecule has 0 aliphatic rings. The minimum absolute atomic E-state index is 0.831. The molecule has 0 spiro atoms. The van der Waals surface area contributed by atoms with E-state index in [4.69, 9.17) is 0 Å². The van der Waals surface area contributed by atoms with Gasteiger partial charge in [-0.15, -0.1) is 0 Å². The summed E-state index contributed by atoms with van der Waals surface area (Å²) in [6, 6.07) is 0. The van der Waals surface area contributed by atoms with Crippen LogP contribution in [-0.2, 0) is 0 Å². The van der Waals surface area contributed by atoms with Crippen LogP contribution < -0.4 is 0 Å². The smallest absolute Gasteiger partial charge is 0.130 e. The van der Waals surface area contributed by atoms with E-state index in [1.165, 1.54) is 0 Å². The molecule has 0 aromatic carbocycles. The first kappa shape index (κ1) is 9.69. The van der Waals surface area contributed by atoms with Crippen molar-refractivity contribution in [3.8, 4) is 0 Å². The summed E-state index contributed by atoms with van der Waals surface area (Å²) in [5.74, 6) is 0.831. The van der Waals surface area contributed by atoms with E-state index in [9.17, 15) is 0 Å². The Morgan fingerprint density at radius 2 is 1.91 bits per heavy atom. The zero-order valence-electron chi connectivity index (χ0n) is 7.12. The average molecular weight is 150 g/mol. The van der Waals surface area contributed by atoms with E-state index in [-0.39, 0.29) is 0 Å². The number of amidine groups is 1. The Morgan fingerprint density at radius 1 is 1.36 bits per heavy atom. The summed E-state index contributed by atoms with van der Waals surface area (Å²) in [6.07, 6.45) is 7.14. The highest BCUT2D eigenvalue weighted by atomic mass is 15.1. The van der Waals surface area contributed by atoms with Crippen molar-refractivity contribution in [3.63, 3.8) is 0 Å². The van der Waals surface area contributed by atoms with Gasteiger partial charge in [-0.1, -0.05) is 19.2 Å². The molecule has 0 rings (SSSR count). The third-order valence-electron chi connectivity index (χ3n) is 1.20. The summed E-state index contributed by atoms with van der Waals surface area (Å²) >= 11 is 0. The second-order valence-electron chi connectivity index (χ2n) is 1.85. The Bertz CT molecular complexity index is 182. The molecule has 60 valence electrons. The van der Waals surface area contributed by atoms with Crippen molar-refractivity contribution >= 4 is 5.84 Å². The van der Waals surface area contributed by atoms with Crippen LogP contribution in [0.4, 0.5) is 0 Å². The third-order valence-corrected chi connectivity index (χ3v) is 1.20. The topological polar surface area (TPSA) is 15.6 Å². The van der Waals surface area contributed by atoms with Gasteiger partial charge in [0, 0.05) is 19.4 Å². The second-order valence-corrected chi connectivity index (χ2v) is 1.85. The molecule has 0 fully saturated rings. The lowest BCUT2D eigenvalue weighted by Crippen LogP contribution is -2.16. The van der Waals surface area contributed by atoms with E-state index in [1.807, 2.05) is 19.1 Å². The molecular weight excluding hydrogens is 136 g/mol. The van der Waals surface area contributed by atoms with Crippen LogP contribution in [0.1, 0.15) is 6.92 Å². The summed E-state index contributed by atoms with van der Waals surface area (Å²) in [5.41, 5.74) is 0. The van der Waals surface area contributed by atoms with Gasteiger partial charge in [0.05, 0.1) is 0 Å². The molecular formula is C9H14N2. The number of rotatable bonds is 3. The first-order valence-electron chi connectivity index (χ1n) is 3.43. The first-order chi connectivity index (χ1) is 5.29. The molecule has 0 aromatic rings. The molecule has 0 N–H and O–H groups in total. The molecule has 11 heavy (non-hydrogen) atoms. The van der Waals surface area contributed by atoms with Gasteiger partial charge < -0.3 is 4.90 Å². The standard InChI is InChI=1S/C9H14N2/c1-5-8-9(10-4)11(6-2)7-3/h5-8H,2-3H2,1,4H3/b8-5-,10-9?. The molecule has 2 heteroatoms. The van der Waals surface area contributed by atoms with Gasteiger partial charge in [-0.05, 0) is 13.0 Å². The van der Waals surface area contributed by atoms with Gasteiger partial charge in [-0.25, -0.2) is 0 Å². The Morgan fingerprint density at radius 3 is 2.18 bits per heavy atom. The zero-order valence-corrected chi connectivity index (χ0v) is 7.12. The van der Waals surface area contributed by atoms with Crippen LogP contribution in [0.5, 0.6) is 0 Å². The minimum atomic E-state index is 0.831. The largest absolute Gasteiger partial charge is 0.310 e. The Labute approximate surface area is 68.2 Å². The molecule has 0 radical (unpaired) electrons. The zero-order chi connectivity index (χ0) is 8.69. The van der Waals surface area contributed by atoms with Crippen LogP contribution in [0.3, 0.4) is 0 Å². The predicted molar refractivity (Wildman–Crippen MR) is 50.4 cm³/mol. The monoisotopic (exact) mass is 150 g/mol. The van der Waals surface area contributed by atoms with E-state index < -0.39 is 0 Å². The number of nitrogens with zero attached hydrogens (tertiary/aromatic N) is 2. The second kappa shape index (κ2) is 5.47. The van der Waals surface area contributed by atoms with Crippen molar-refractivity contribution < 1.29 is 0 Å². The summed E-state index contributed by atoms with van der Waals surface area (Å²) in [6.45, 7) is 9.19.